The van der Waals surface area contributed by atoms with Crippen LogP contribution in [-0.2, 0) is 9.59 Å². The number of carbonyl (C=O) groups is 2. The average molecular weight is 272 g/mol. The number of rotatable bonds is 3. The smallest absolute Gasteiger partial charge is 0.233 e. The maximum Gasteiger partial charge on any atom is 0.233 e. The third-order valence-corrected chi connectivity index (χ3v) is 4.46. The maximum atomic E-state index is 12.2. The molecule has 1 aliphatic carbocycles. The summed E-state index contributed by atoms with van der Waals surface area (Å²) in [5.41, 5.74) is 1.79. The first-order valence-electron chi connectivity index (χ1n) is 7.28. The van der Waals surface area contributed by atoms with Gasteiger partial charge in [0.2, 0.25) is 11.8 Å². The van der Waals surface area contributed by atoms with Crippen LogP contribution in [0.5, 0.6) is 0 Å². The summed E-state index contributed by atoms with van der Waals surface area (Å²) in [5.74, 6) is 0.429. The Balaban J connectivity index is 1.57. The Bertz CT molecular complexity index is 541. The molecular weight excluding hydrogens is 252 g/mol. The van der Waals surface area contributed by atoms with Crippen molar-refractivity contribution >= 4 is 17.5 Å². The molecule has 0 radical (unpaired) electrons. The van der Waals surface area contributed by atoms with Crippen LogP contribution in [0.3, 0.4) is 0 Å². The van der Waals surface area contributed by atoms with Crippen LogP contribution in [-0.4, -0.2) is 29.3 Å². The van der Waals surface area contributed by atoms with Gasteiger partial charge in [-0.15, -0.1) is 0 Å². The van der Waals surface area contributed by atoms with Gasteiger partial charge < -0.3 is 10.2 Å². The summed E-state index contributed by atoms with van der Waals surface area (Å²) >= 11 is 0. The molecule has 1 aromatic rings. The van der Waals surface area contributed by atoms with Gasteiger partial charge in [0.05, 0.1) is 0 Å². The van der Waals surface area contributed by atoms with Gasteiger partial charge in [-0.25, -0.2) is 0 Å². The first kappa shape index (κ1) is 13.2. The molecule has 4 nitrogen and oxygen atoms in total. The molecule has 3 rings (SSSR count). The zero-order valence-electron chi connectivity index (χ0n) is 11.8. The van der Waals surface area contributed by atoms with E-state index in [-0.39, 0.29) is 18.2 Å². The summed E-state index contributed by atoms with van der Waals surface area (Å²) in [6, 6.07) is 7.99. The van der Waals surface area contributed by atoms with Crippen LogP contribution < -0.4 is 5.32 Å². The minimum atomic E-state index is -0.216. The molecule has 1 saturated heterocycles. The standard InChI is InChI=1S/C16H20N2O2/c1-11-4-2-3-5-14(11)17-15(19)9-16(20)18-10-12-6-7-13(18)8-12/h2-5,12-13H,6-10H2,1H3,(H,17,19)/t12-,13-/m0/s1. The molecule has 1 aromatic carbocycles. The lowest BCUT2D eigenvalue weighted by Gasteiger charge is -2.26. The number of nitrogens with one attached hydrogen (secondary N) is 1. The molecule has 20 heavy (non-hydrogen) atoms. The second-order valence-electron chi connectivity index (χ2n) is 5.92. The van der Waals surface area contributed by atoms with Crippen molar-refractivity contribution in [2.75, 3.05) is 11.9 Å². The van der Waals surface area contributed by atoms with Crippen LogP contribution in [0, 0.1) is 12.8 Å². The maximum absolute atomic E-state index is 12.2. The van der Waals surface area contributed by atoms with Crippen molar-refractivity contribution in [3.05, 3.63) is 29.8 Å². The van der Waals surface area contributed by atoms with Crippen LogP contribution in [0.2, 0.25) is 0 Å². The number of amides is 2. The Kier molecular flexibility index (Phi) is 3.47. The van der Waals surface area contributed by atoms with Crippen LogP contribution in [0.4, 0.5) is 5.69 Å². The van der Waals surface area contributed by atoms with E-state index in [1.54, 1.807) is 0 Å². The van der Waals surface area contributed by atoms with Crippen molar-refractivity contribution in [3.8, 4) is 0 Å². The molecule has 1 saturated carbocycles. The zero-order chi connectivity index (χ0) is 14.1. The predicted octanol–water partition coefficient (Wildman–Crippen LogP) is 2.33. The number of aryl methyl sites for hydroxylation is 1. The van der Waals surface area contributed by atoms with Gasteiger partial charge in [0.25, 0.3) is 0 Å². The van der Waals surface area contributed by atoms with Gasteiger partial charge in [-0.2, -0.15) is 0 Å². The Hall–Kier alpha value is -1.84. The highest BCUT2D eigenvalue weighted by molar-refractivity contribution is 6.04. The number of piperidine rings is 1. The lowest BCUT2D eigenvalue weighted by atomic mass is 10.1. The van der Waals surface area contributed by atoms with Gasteiger partial charge in [-0.05, 0) is 43.7 Å². The van der Waals surface area contributed by atoms with E-state index in [1.807, 2.05) is 36.1 Å². The highest BCUT2D eigenvalue weighted by atomic mass is 16.2. The number of anilines is 1. The van der Waals surface area contributed by atoms with Gasteiger partial charge in [-0.3, -0.25) is 9.59 Å². The highest BCUT2D eigenvalue weighted by Gasteiger charge is 2.40. The zero-order valence-corrected chi connectivity index (χ0v) is 11.8. The van der Waals surface area contributed by atoms with Crippen molar-refractivity contribution in [1.29, 1.82) is 0 Å². The van der Waals surface area contributed by atoms with E-state index in [2.05, 4.69) is 5.32 Å². The lowest BCUT2D eigenvalue weighted by Crippen LogP contribution is -2.39. The number of nitrogens with zero attached hydrogens (tertiary/aromatic N) is 1. The fourth-order valence-corrected chi connectivity index (χ4v) is 3.38. The fourth-order valence-electron chi connectivity index (χ4n) is 3.38. The second kappa shape index (κ2) is 5.27. The number of hydrogen-bond acceptors (Lipinski definition) is 2. The van der Waals surface area contributed by atoms with Crippen molar-refractivity contribution < 1.29 is 9.59 Å². The molecule has 0 spiro atoms. The molecular formula is C16H20N2O2. The number of carbonyl (C=O) groups excluding carboxylic acids is 2. The first-order chi connectivity index (χ1) is 9.63. The molecule has 0 aromatic heterocycles. The number of hydrogen-bond donors (Lipinski definition) is 1. The van der Waals surface area contributed by atoms with E-state index in [0.29, 0.717) is 12.0 Å². The normalized spacial score (nSPS) is 23.9. The van der Waals surface area contributed by atoms with Gasteiger partial charge in [0, 0.05) is 18.3 Å². The molecule has 1 heterocycles. The van der Waals surface area contributed by atoms with E-state index in [0.717, 1.165) is 30.6 Å². The van der Waals surface area contributed by atoms with Crippen molar-refractivity contribution in [2.45, 2.75) is 38.6 Å². The monoisotopic (exact) mass is 272 g/mol. The Morgan fingerprint density at radius 1 is 1.30 bits per heavy atom. The molecule has 2 amide bonds. The highest BCUT2D eigenvalue weighted by Crippen LogP contribution is 2.37. The quantitative estimate of drug-likeness (QED) is 0.859. The molecule has 4 heteroatoms. The number of fused-ring (bicyclic) bond motifs is 2. The van der Waals surface area contributed by atoms with Crippen molar-refractivity contribution in [1.82, 2.24) is 4.90 Å². The molecule has 2 bridgehead atoms. The van der Waals surface area contributed by atoms with Crippen LogP contribution in [0.1, 0.15) is 31.2 Å². The lowest BCUT2D eigenvalue weighted by molar-refractivity contribution is -0.135. The summed E-state index contributed by atoms with van der Waals surface area (Å²) < 4.78 is 0. The summed E-state index contributed by atoms with van der Waals surface area (Å²) in [6.07, 6.45) is 3.43. The minimum absolute atomic E-state index is 0.0247. The third-order valence-electron chi connectivity index (χ3n) is 4.46. The van der Waals surface area contributed by atoms with E-state index < -0.39 is 0 Å². The molecule has 2 atom stereocenters. The van der Waals surface area contributed by atoms with E-state index in [9.17, 15) is 9.59 Å². The minimum Gasteiger partial charge on any atom is -0.339 e. The van der Waals surface area contributed by atoms with Crippen LogP contribution in [0.15, 0.2) is 24.3 Å². The van der Waals surface area contributed by atoms with E-state index in [1.165, 1.54) is 6.42 Å². The first-order valence-corrected chi connectivity index (χ1v) is 7.28. The third kappa shape index (κ3) is 2.55. The second-order valence-corrected chi connectivity index (χ2v) is 5.92. The Labute approximate surface area is 119 Å². The van der Waals surface area contributed by atoms with Gasteiger partial charge >= 0.3 is 0 Å². The Morgan fingerprint density at radius 3 is 2.75 bits per heavy atom. The predicted molar refractivity (Wildman–Crippen MR) is 77.3 cm³/mol. The van der Waals surface area contributed by atoms with Gasteiger partial charge in [0.15, 0.2) is 0 Å². The van der Waals surface area contributed by atoms with Crippen LogP contribution >= 0.6 is 0 Å². The van der Waals surface area contributed by atoms with Crippen LogP contribution in [0.25, 0.3) is 0 Å². The molecule has 2 fully saturated rings. The largest absolute Gasteiger partial charge is 0.339 e. The molecule has 1 N–H and O–H groups in total. The Morgan fingerprint density at radius 2 is 2.10 bits per heavy atom. The molecule has 0 unspecified atom stereocenters. The topological polar surface area (TPSA) is 49.4 Å². The van der Waals surface area contributed by atoms with Gasteiger partial charge in [-0.1, -0.05) is 18.2 Å². The number of para-hydroxylation sites is 1. The van der Waals surface area contributed by atoms with Gasteiger partial charge in [0.1, 0.15) is 6.42 Å². The summed E-state index contributed by atoms with van der Waals surface area (Å²) in [4.78, 5) is 26.1. The van der Waals surface area contributed by atoms with E-state index in [4.69, 9.17) is 0 Å². The summed E-state index contributed by atoms with van der Waals surface area (Å²) in [5, 5.41) is 2.82. The molecule has 106 valence electrons. The average Bonchev–Trinajstić information content (AvgIpc) is 3.03. The molecule has 2 aliphatic rings. The number of benzene rings is 1. The molecule has 1 aliphatic heterocycles. The fraction of sp³-hybridized carbons (Fsp3) is 0.500. The summed E-state index contributed by atoms with van der Waals surface area (Å²) in [6.45, 7) is 2.79. The number of likely N-dealkylation sites (tertiary alicyclic amines) is 1. The summed E-state index contributed by atoms with van der Waals surface area (Å²) in [7, 11) is 0. The van der Waals surface area contributed by atoms with E-state index >= 15 is 0 Å². The SMILES string of the molecule is Cc1ccccc1NC(=O)CC(=O)N1C[C@H]2CC[C@H]1C2. The van der Waals surface area contributed by atoms with Crippen molar-refractivity contribution in [2.24, 2.45) is 5.92 Å². The van der Waals surface area contributed by atoms with Crippen molar-refractivity contribution in [3.63, 3.8) is 0 Å².